The van der Waals surface area contributed by atoms with Crippen molar-refractivity contribution in [2.75, 3.05) is 11.9 Å². The minimum Gasteiger partial charge on any atom is -0.360 e. The van der Waals surface area contributed by atoms with E-state index in [1.807, 2.05) is 18.2 Å². The summed E-state index contributed by atoms with van der Waals surface area (Å²) in [6, 6.07) is 14.6. The molecule has 0 bridgehead atoms. The maximum atomic E-state index is 12.9. The average Bonchev–Trinajstić information content (AvgIpc) is 3.11. The van der Waals surface area contributed by atoms with Gasteiger partial charge >= 0.3 is 0 Å². The summed E-state index contributed by atoms with van der Waals surface area (Å²) in [5.74, 6) is 0.273. The average molecular weight is 362 g/mol. The summed E-state index contributed by atoms with van der Waals surface area (Å²) in [5, 5.41) is 6.33. The fourth-order valence-corrected chi connectivity index (χ4v) is 3.12. The first-order valence-electron chi connectivity index (χ1n) is 8.68. The fraction of sp³-hybridized carbons (Fsp3) is 0.200. The Bertz CT molecular complexity index is 1010. The van der Waals surface area contributed by atoms with Gasteiger partial charge in [-0.05, 0) is 36.6 Å². The van der Waals surface area contributed by atoms with E-state index in [1.54, 1.807) is 36.1 Å². The molecule has 3 aromatic rings. The molecule has 3 heterocycles. The molecule has 2 amide bonds. The maximum Gasteiger partial charge on any atom is 0.275 e. The molecule has 0 unspecified atom stereocenters. The van der Waals surface area contributed by atoms with Crippen LogP contribution in [0.3, 0.4) is 0 Å². The van der Waals surface area contributed by atoms with Gasteiger partial charge in [0, 0.05) is 19.2 Å². The smallest absolute Gasteiger partial charge is 0.275 e. The number of benzene rings is 1. The highest BCUT2D eigenvalue weighted by Gasteiger charge is 2.23. The van der Waals surface area contributed by atoms with Gasteiger partial charge in [0.15, 0.2) is 5.82 Å². The number of aryl methyl sites for hydroxylation is 1. The zero-order valence-corrected chi connectivity index (χ0v) is 14.8. The molecule has 7 heteroatoms. The van der Waals surface area contributed by atoms with Gasteiger partial charge in [-0.2, -0.15) is 0 Å². The molecule has 136 valence electrons. The van der Waals surface area contributed by atoms with E-state index in [1.165, 1.54) is 5.56 Å². The number of rotatable bonds is 3. The lowest BCUT2D eigenvalue weighted by Crippen LogP contribution is -2.36. The summed E-state index contributed by atoms with van der Waals surface area (Å²) in [5.41, 5.74) is 2.82. The molecule has 2 aromatic heterocycles. The van der Waals surface area contributed by atoms with Crippen molar-refractivity contribution in [1.82, 2.24) is 15.0 Å². The van der Waals surface area contributed by atoms with Crippen LogP contribution in [0.5, 0.6) is 0 Å². The Balaban J connectivity index is 1.50. The van der Waals surface area contributed by atoms with Crippen LogP contribution in [0.1, 0.15) is 37.9 Å². The molecule has 0 atom stereocenters. The molecule has 0 saturated heterocycles. The molecule has 0 fully saturated rings. The summed E-state index contributed by atoms with van der Waals surface area (Å²) < 4.78 is 4.93. The third-order valence-corrected chi connectivity index (χ3v) is 4.49. The molecule has 0 saturated carbocycles. The number of nitrogens with one attached hydrogen (secondary N) is 1. The summed E-state index contributed by atoms with van der Waals surface area (Å²) in [6.07, 6.45) is 0.813. The van der Waals surface area contributed by atoms with Crippen molar-refractivity contribution in [1.29, 1.82) is 0 Å². The number of fused-ring (bicyclic) bond motifs is 1. The summed E-state index contributed by atoms with van der Waals surface area (Å²) in [7, 11) is 0. The van der Waals surface area contributed by atoms with Crippen LogP contribution in [0, 0.1) is 6.92 Å². The lowest BCUT2D eigenvalue weighted by Gasteiger charge is -2.28. The number of anilines is 1. The van der Waals surface area contributed by atoms with Crippen molar-refractivity contribution >= 4 is 17.6 Å². The number of pyridine rings is 1. The van der Waals surface area contributed by atoms with Gasteiger partial charge in [0.25, 0.3) is 11.8 Å². The molecule has 1 aliphatic rings. The van der Waals surface area contributed by atoms with E-state index in [0.717, 1.165) is 12.0 Å². The molecule has 1 N–H and O–H groups in total. The van der Waals surface area contributed by atoms with Crippen LogP contribution in [0.25, 0.3) is 0 Å². The van der Waals surface area contributed by atoms with Crippen LogP contribution in [0.2, 0.25) is 0 Å². The standard InChI is InChI=1S/C20H18N4O3/c1-13-11-18(23-27-13)22-19(25)16-7-4-8-17(21-16)20(26)24-10-9-14-5-2-3-6-15(14)12-24/h2-8,11H,9-10,12H2,1H3,(H,22,23,25). The number of carbonyl (C=O) groups excluding carboxylic acids is 2. The highest BCUT2D eigenvalue weighted by atomic mass is 16.5. The quantitative estimate of drug-likeness (QED) is 0.774. The summed E-state index contributed by atoms with van der Waals surface area (Å²) >= 11 is 0. The van der Waals surface area contributed by atoms with Crippen LogP contribution in [-0.4, -0.2) is 33.4 Å². The predicted octanol–water partition coefficient (Wildman–Crippen LogP) is 2.83. The van der Waals surface area contributed by atoms with Crippen molar-refractivity contribution in [2.45, 2.75) is 19.9 Å². The molecular weight excluding hydrogens is 344 g/mol. The zero-order chi connectivity index (χ0) is 18.8. The van der Waals surface area contributed by atoms with Crippen molar-refractivity contribution in [3.8, 4) is 0 Å². The number of hydrogen-bond acceptors (Lipinski definition) is 5. The van der Waals surface area contributed by atoms with Crippen molar-refractivity contribution in [2.24, 2.45) is 0 Å². The fourth-order valence-electron chi connectivity index (χ4n) is 3.12. The van der Waals surface area contributed by atoms with E-state index in [4.69, 9.17) is 4.52 Å². The first-order chi connectivity index (χ1) is 13.1. The van der Waals surface area contributed by atoms with Gasteiger partial charge in [-0.25, -0.2) is 4.98 Å². The third kappa shape index (κ3) is 3.57. The molecule has 0 spiro atoms. The van der Waals surface area contributed by atoms with Crippen LogP contribution in [0.15, 0.2) is 53.1 Å². The van der Waals surface area contributed by atoms with E-state index in [9.17, 15) is 9.59 Å². The number of carbonyl (C=O) groups is 2. The largest absolute Gasteiger partial charge is 0.360 e. The predicted molar refractivity (Wildman–Crippen MR) is 98.3 cm³/mol. The van der Waals surface area contributed by atoms with Gasteiger partial charge in [0.05, 0.1) is 0 Å². The molecule has 0 radical (unpaired) electrons. The second-order valence-corrected chi connectivity index (χ2v) is 6.43. The van der Waals surface area contributed by atoms with Gasteiger partial charge in [-0.1, -0.05) is 35.5 Å². The monoisotopic (exact) mass is 362 g/mol. The highest BCUT2D eigenvalue weighted by Crippen LogP contribution is 2.20. The van der Waals surface area contributed by atoms with Crippen molar-refractivity contribution in [3.05, 3.63) is 76.8 Å². The lowest BCUT2D eigenvalue weighted by molar-refractivity contribution is 0.0728. The topological polar surface area (TPSA) is 88.3 Å². The first-order valence-corrected chi connectivity index (χ1v) is 8.68. The zero-order valence-electron chi connectivity index (χ0n) is 14.8. The minimum atomic E-state index is -0.443. The van der Waals surface area contributed by atoms with Gasteiger partial charge in [-0.3, -0.25) is 9.59 Å². The Morgan fingerprint density at radius 3 is 2.63 bits per heavy atom. The Hall–Kier alpha value is -3.48. The molecule has 27 heavy (non-hydrogen) atoms. The van der Waals surface area contributed by atoms with Gasteiger partial charge in [0.1, 0.15) is 17.1 Å². The van der Waals surface area contributed by atoms with Gasteiger partial charge < -0.3 is 14.7 Å². The Morgan fingerprint density at radius 1 is 1.07 bits per heavy atom. The number of aromatic nitrogens is 2. The summed E-state index contributed by atoms with van der Waals surface area (Å²) in [6.45, 7) is 2.91. The number of nitrogens with zero attached hydrogens (tertiary/aromatic N) is 3. The Labute approximate surface area is 156 Å². The first kappa shape index (κ1) is 17.0. The molecule has 1 aliphatic heterocycles. The SMILES string of the molecule is Cc1cc(NC(=O)c2cccc(C(=O)N3CCc4ccccc4C3)n2)no1. The van der Waals surface area contributed by atoms with Crippen LogP contribution >= 0.6 is 0 Å². The Kier molecular flexibility index (Phi) is 4.42. The van der Waals surface area contributed by atoms with E-state index >= 15 is 0 Å². The molecule has 4 rings (SSSR count). The van der Waals surface area contributed by atoms with Crippen molar-refractivity contribution < 1.29 is 14.1 Å². The van der Waals surface area contributed by atoms with Crippen LogP contribution in [0.4, 0.5) is 5.82 Å². The van der Waals surface area contributed by atoms with Crippen molar-refractivity contribution in [3.63, 3.8) is 0 Å². The van der Waals surface area contributed by atoms with E-state index < -0.39 is 5.91 Å². The van der Waals surface area contributed by atoms with Gasteiger partial charge in [-0.15, -0.1) is 0 Å². The van der Waals surface area contributed by atoms with Gasteiger partial charge in [0.2, 0.25) is 0 Å². The second kappa shape index (κ2) is 7.03. The van der Waals surface area contributed by atoms with E-state index in [-0.39, 0.29) is 17.3 Å². The maximum absolute atomic E-state index is 12.9. The normalized spacial score (nSPS) is 13.1. The molecule has 1 aromatic carbocycles. The van der Waals surface area contributed by atoms with E-state index in [0.29, 0.717) is 24.7 Å². The second-order valence-electron chi connectivity index (χ2n) is 6.43. The molecule has 7 nitrogen and oxygen atoms in total. The van der Waals surface area contributed by atoms with Crippen LogP contribution in [-0.2, 0) is 13.0 Å². The highest BCUT2D eigenvalue weighted by molar-refractivity contribution is 6.03. The number of amides is 2. The number of hydrogen-bond donors (Lipinski definition) is 1. The Morgan fingerprint density at radius 2 is 1.85 bits per heavy atom. The lowest BCUT2D eigenvalue weighted by atomic mass is 10.00. The third-order valence-electron chi connectivity index (χ3n) is 4.49. The minimum absolute atomic E-state index is 0.152. The van der Waals surface area contributed by atoms with Crippen LogP contribution < -0.4 is 5.32 Å². The molecular formula is C20H18N4O3. The summed E-state index contributed by atoms with van der Waals surface area (Å²) in [4.78, 5) is 31.2. The van der Waals surface area contributed by atoms with E-state index in [2.05, 4.69) is 21.5 Å². The molecule has 0 aliphatic carbocycles.